The molecule has 23 heavy (non-hydrogen) atoms. The summed E-state index contributed by atoms with van der Waals surface area (Å²) in [6.45, 7) is 8.40. The first-order chi connectivity index (χ1) is 10.9. The molecular weight excluding hydrogens is 312 g/mol. The Hall–Kier alpha value is -1.76. The molecule has 1 aromatic rings. The number of pyridine rings is 1. The Balaban J connectivity index is 1.95. The van der Waals surface area contributed by atoms with Crippen LogP contribution in [0.1, 0.15) is 20.8 Å². The zero-order valence-electron chi connectivity index (χ0n) is 14.2. The Morgan fingerprint density at radius 3 is 2.39 bits per heavy atom. The van der Waals surface area contributed by atoms with Crippen LogP contribution in [0.3, 0.4) is 0 Å². The lowest BCUT2D eigenvalue weighted by atomic mass is 10.2. The first-order valence-electron chi connectivity index (χ1n) is 7.65. The summed E-state index contributed by atoms with van der Waals surface area (Å²) in [6, 6.07) is 5.68. The number of thioether (sulfide) groups is 1. The van der Waals surface area contributed by atoms with Gasteiger partial charge in [0.1, 0.15) is 5.60 Å². The van der Waals surface area contributed by atoms with Crippen LogP contribution in [0.2, 0.25) is 0 Å². The molecule has 0 N–H and O–H groups in total. The van der Waals surface area contributed by atoms with Gasteiger partial charge in [0.25, 0.3) is 0 Å². The average Bonchev–Trinajstić information content (AvgIpc) is 2.52. The summed E-state index contributed by atoms with van der Waals surface area (Å²) in [7, 11) is 0. The molecule has 0 atom stereocenters. The van der Waals surface area contributed by atoms with Crippen LogP contribution in [-0.4, -0.2) is 64.1 Å². The molecule has 7 heteroatoms. The van der Waals surface area contributed by atoms with Gasteiger partial charge in [-0.1, -0.05) is 17.8 Å². The maximum Gasteiger partial charge on any atom is 0.410 e. The van der Waals surface area contributed by atoms with E-state index >= 15 is 0 Å². The third-order valence-corrected chi connectivity index (χ3v) is 3.96. The highest BCUT2D eigenvalue weighted by atomic mass is 32.2. The topological polar surface area (TPSA) is 58.0 Å². The third kappa shape index (κ3) is 5.42. The molecule has 126 valence electrons. The third-order valence-electron chi connectivity index (χ3n) is 3.24. The number of aromatic nitrogens is 1. The highest BCUT2D eigenvalue weighted by Gasteiger charge is 2.26. The van der Waals surface area contributed by atoms with Crippen molar-refractivity contribution >= 4 is 28.8 Å². The molecular formula is C16H24N4O2S. The van der Waals surface area contributed by atoms with E-state index in [2.05, 4.69) is 14.9 Å². The molecule has 0 radical (unpaired) electrons. The maximum atomic E-state index is 12.1. The molecule has 1 fully saturated rings. The summed E-state index contributed by atoms with van der Waals surface area (Å²) >= 11 is 1.59. The number of carbonyl (C=O) groups excluding carboxylic acids is 1. The summed E-state index contributed by atoms with van der Waals surface area (Å²) in [5.74, 6) is 0.700. The van der Waals surface area contributed by atoms with Crippen LogP contribution >= 0.6 is 11.8 Å². The normalized spacial score (nSPS) is 16.4. The number of piperazine rings is 1. The zero-order valence-corrected chi connectivity index (χ0v) is 15.0. The lowest BCUT2D eigenvalue weighted by molar-refractivity contribution is 0.0188. The summed E-state index contributed by atoms with van der Waals surface area (Å²) in [4.78, 5) is 24.8. The van der Waals surface area contributed by atoms with Crippen LogP contribution in [0.5, 0.6) is 0 Å². The van der Waals surface area contributed by atoms with Gasteiger partial charge >= 0.3 is 6.09 Å². The minimum Gasteiger partial charge on any atom is -0.444 e. The van der Waals surface area contributed by atoms with Gasteiger partial charge in [-0.3, -0.25) is 0 Å². The van der Waals surface area contributed by atoms with Crippen LogP contribution in [0.15, 0.2) is 29.4 Å². The van der Waals surface area contributed by atoms with Gasteiger partial charge in [-0.15, -0.1) is 0 Å². The Kier molecular flexibility index (Phi) is 5.87. The van der Waals surface area contributed by atoms with E-state index < -0.39 is 5.60 Å². The lowest BCUT2D eigenvalue weighted by Gasteiger charge is -2.36. The van der Waals surface area contributed by atoms with Gasteiger partial charge in [0.15, 0.2) is 11.0 Å². The largest absolute Gasteiger partial charge is 0.444 e. The average molecular weight is 336 g/mol. The van der Waals surface area contributed by atoms with E-state index in [4.69, 9.17) is 4.74 Å². The van der Waals surface area contributed by atoms with Crippen molar-refractivity contribution in [3.63, 3.8) is 0 Å². The molecule has 1 aliphatic rings. The fourth-order valence-electron chi connectivity index (χ4n) is 2.17. The quantitative estimate of drug-likeness (QED) is 0.583. The van der Waals surface area contributed by atoms with E-state index in [1.165, 1.54) is 0 Å². The Labute approximate surface area is 141 Å². The molecule has 0 aromatic carbocycles. The van der Waals surface area contributed by atoms with Gasteiger partial charge in [0.2, 0.25) is 0 Å². The molecule has 0 aliphatic carbocycles. The molecule has 0 spiro atoms. The number of hydrogen-bond acceptors (Lipinski definition) is 5. The van der Waals surface area contributed by atoms with Crippen LogP contribution in [0.25, 0.3) is 0 Å². The first kappa shape index (κ1) is 17.6. The van der Waals surface area contributed by atoms with Crippen LogP contribution in [0, 0.1) is 0 Å². The molecule has 2 heterocycles. The van der Waals surface area contributed by atoms with Crippen molar-refractivity contribution in [2.75, 3.05) is 32.4 Å². The zero-order chi connectivity index (χ0) is 16.9. The number of amidine groups is 1. The predicted octanol–water partition coefficient (Wildman–Crippen LogP) is 2.98. The summed E-state index contributed by atoms with van der Waals surface area (Å²) in [5.41, 5.74) is -0.459. The fourth-order valence-corrected chi connectivity index (χ4v) is 2.80. The molecule has 1 aliphatic heterocycles. The molecule has 6 nitrogen and oxygen atoms in total. The van der Waals surface area contributed by atoms with E-state index in [1.807, 2.05) is 45.2 Å². The second kappa shape index (κ2) is 7.68. The standard InChI is InChI=1S/C16H24N4O2S/c1-16(2,3)22-15(21)20-11-9-19(10-12-20)14(23-4)18-13-7-5-6-8-17-13/h5-8H,9-12H2,1-4H3. The predicted molar refractivity (Wildman–Crippen MR) is 94.2 cm³/mol. The highest BCUT2D eigenvalue weighted by molar-refractivity contribution is 8.13. The van der Waals surface area contributed by atoms with Gasteiger partial charge in [-0.2, -0.15) is 0 Å². The SMILES string of the molecule is CSC(=Nc1ccccn1)N1CCN(C(=O)OC(C)(C)C)CC1. The van der Waals surface area contributed by atoms with Gasteiger partial charge < -0.3 is 14.5 Å². The second-order valence-corrected chi connectivity index (χ2v) is 7.01. The number of nitrogens with zero attached hydrogens (tertiary/aromatic N) is 4. The van der Waals surface area contributed by atoms with Gasteiger partial charge in [-0.05, 0) is 39.2 Å². The van der Waals surface area contributed by atoms with Crippen molar-refractivity contribution in [3.05, 3.63) is 24.4 Å². The minimum absolute atomic E-state index is 0.246. The summed E-state index contributed by atoms with van der Waals surface area (Å²) in [6.07, 6.45) is 3.49. The number of carbonyl (C=O) groups is 1. The van der Waals surface area contributed by atoms with Gasteiger partial charge in [0, 0.05) is 32.4 Å². The van der Waals surface area contributed by atoms with Crippen molar-refractivity contribution in [2.24, 2.45) is 4.99 Å². The molecule has 0 bridgehead atoms. The fraction of sp³-hybridized carbons (Fsp3) is 0.562. The van der Waals surface area contributed by atoms with E-state index in [9.17, 15) is 4.79 Å². The maximum absolute atomic E-state index is 12.1. The lowest BCUT2D eigenvalue weighted by Crippen LogP contribution is -2.51. The van der Waals surface area contributed by atoms with Crippen LogP contribution < -0.4 is 0 Å². The summed E-state index contributed by atoms with van der Waals surface area (Å²) < 4.78 is 5.42. The molecule has 0 saturated carbocycles. The number of aliphatic imine (C=N–C) groups is 1. The molecule has 1 aromatic heterocycles. The van der Waals surface area contributed by atoms with Crippen molar-refractivity contribution in [1.82, 2.24) is 14.8 Å². The number of hydrogen-bond donors (Lipinski definition) is 0. The molecule has 0 unspecified atom stereocenters. The smallest absolute Gasteiger partial charge is 0.410 e. The van der Waals surface area contributed by atoms with E-state index in [1.54, 1.807) is 22.9 Å². The van der Waals surface area contributed by atoms with E-state index in [0.717, 1.165) is 18.3 Å². The van der Waals surface area contributed by atoms with E-state index in [0.29, 0.717) is 18.9 Å². The molecule has 1 saturated heterocycles. The van der Waals surface area contributed by atoms with Crippen molar-refractivity contribution in [1.29, 1.82) is 0 Å². The monoisotopic (exact) mass is 336 g/mol. The number of ether oxygens (including phenoxy) is 1. The van der Waals surface area contributed by atoms with Gasteiger partial charge in [-0.25, -0.2) is 14.8 Å². The molecule has 2 rings (SSSR count). The minimum atomic E-state index is -0.459. The van der Waals surface area contributed by atoms with Gasteiger partial charge in [0.05, 0.1) is 0 Å². The van der Waals surface area contributed by atoms with Crippen molar-refractivity contribution < 1.29 is 9.53 Å². The Morgan fingerprint density at radius 2 is 1.87 bits per heavy atom. The number of rotatable bonds is 1. The second-order valence-electron chi connectivity index (χ2n) is 6.24. The Morgan fingerprint density at radius 1 is 1.22 bits per heavy atom. The highest BCUT2D eigenvalue weighted by Crippen LogP contribution is 2.17. The van der Waals surface area contributed by atoms with Crippen LogP contribution in [-0.2, 0) is 4.74 Å². The Bertz CT molecular complexity index is 549. The number of amides is 1. The first-order valence-corrected chi connectivity index (χ1v) is 8.88. The van der Waals surface area contributed by atoms with E-state index in [-0.39, 0.29) is 6.09 Å². The summed E-state index contributed by atoms with van der Waals surface area (Å²) in [5, 5.41) is 0.924. The molecule has 1 amide bonds. The van der Waals surface area contributed by atoms with Crippen molar-refractivity contribution in [3.8, 4) is 0 Å². The van der Waals surface area contributed by atoms with Crippen LogP contribution in [0.4, 0.5) is 10.6 Å². The van der Waals surface area contributed by atoms with Crippen molar-refractivity contribution in [2.45, 2.75) is 26.4 Å².